The van der Waals surface area contributed by atoms with Gasteiger partial charge < -0.3 is 15.4 Å². The van der Waals surface area contributed by atoms with E-state index in [4.69, 9.17) is 4.74 Å². The van der Waals surface area contributed by atoms with Crippen LogP contribution < -0.4 is 10.6 Å². The maximum absolute atomic E-state index is 13.2. The van der Waals surface area contributed by atoms with Crippen molar-refractivity contribution in [1.29, 1.82) is 0 Å². The molecule has 0 spiro atoms. The van der Waals surface area contributed by atoms with Crippen molar-refractivity contribution in [2.45, 2.75) is 63.8 Å². The van der Waals surface area contributed by atoms with Crippen LogP contribution in [0.25, 0.3) is 0 Å². The highest BCUT2D eigenvalue weighted by molar-refractivity contribution is 5.84. The molecule has 3 heterocycles. The van der Waals surface area contributed by atoms with Gasteiger partial charge in [-0.05, 0) is 59.7 Å². The van der Waals surface area contributed by atoms with Gasteiger partial charge in [0.05, 0.1) is 12.2 Å². The van der Waals surface area contributed by atoms with Crippen LogP contribution in [0.2, 0.25) is 0 Å². The molecule has 2 N–H and O–H groups in total. The Kier molecular flexibility index (Phi) is 5.69. The van der Waals surface area contributed by atoms with Gasteiger partial charge in [0.25, 0.3) is 0 Å². The standard InChI is InChI=1S/C19H33N5O2/c1-15-12-23(13-16(2)26-15)18(3,4)14-21-17(25)19(6-9-20-10-7-19)24-11-5-8-22-24/h5,8,11,15-16,20H,6-7,9-10,12-14H2,1-4H3,(H,21,25). The largest absolute Gasteiger partial charge is 0.373 e. The minimum Gasteiger partial charge on any atom is -0.373 e. The van der Waals surface area contributed by atoms with Crippen LogP contribution >= 0.6 is 0 Å². The van der Waals surface area contributed by atoms with Crippen LogP contribution in [0.15, 0.2) is 18.5 Å². The molecule has 0 bridgehead atoms. The van der Waals surface area contributed by atoms with E-state index in [1.165, 1.54) is 0 Å². The van der Waals surface area contributed by atoms with Crippen molar-refractivity contribution >= 4 is 5.91 Å². The van der Waals surface area contributed by atoms with E-state index in [9.17, 15) is 4.79 Å². The van der Waals surface area contributed by atoms with Crippen molar-refractivity contribution < 1.29 is 9.53 Å². The van der Waals surface area contributed by atoms with Crippen LogP contribution in [0, 0.1) is 0 Å². The number of carbonyl (C=O) groups is 1. The summed E-state index contributed by atoms with van der Waals surface area (Å²) in [6.07, 6.45) is 5.60. The molecule has 26 heavy (non-hydrogen) atoms. The van der Waals surface area contributed by atoms with E-state index < -0.39 is 5.54 Å². The Labute approximate surface area is 156 Å². The SMILES string of the molecule is CC1CN(C(C)(C)CNC(=O)C2(n3cccn3)CCNCC2)CC(C)O1. The van der Waals surface area contributed by atoms with E-state index in [-0.39, 0.29) is 23.7 Å². The van der Waals surface area contributed by atoms with Gasteiger partial charge >= 0.3 is 0 Å². The summed E-state index contributed by atoms with van der Waals surface area (Å²) in [7, 11) is 0. The van der Waals surface area contributed by atoms with Crippen LogP contribution in [0.1, 0.15) is 40.5 Å². The Bertz CT molecular complexity index is 585. The van der Waals surface area contributed by atoms with Crippen molar-refractivity contribution in [2.75, 3.05) is 32.7 Å². The molecular weight excluding hydrogens is 330 g/mol. The average molecular weight is 364 g/mol. The molecule has 2 aliphatic heterocycles. The van der Waals surface area contributed by atoms with Crippen molar-refractivity contribution in [1.82, 2.24) is 25.3 Å². The number of amides is 1. The number of morpholine rings is 1. The third-order valence-corrected chi connectivity index (χ3v) is 5.75. The molecule has 0 aliphatic carbocycles. The number of hydrogen-bond donors (Lipinski definition) is 2. The molecule has 1 aromatic heterocycles. The minimum absolute atomic E-state index is 0.0742. The highest BCUT2D eigenvalue weighted by Gasteiger charge is 2.43. The van der Waals surface area contributed by atoms with Crippen LogP contribution in [-0.2, 0) is 15.1 Å². The number of nitrogens with one attached hydrogen (secondary N) is 2. The molecule has 2 atom stereocenters. The summed E-state index contributed by atoms with van der Waals surface area (Å²) >= 11 is 0. The molecular formula is C19H33N5O2. The monoisotopic (exact) mass is 363 g/mol. The highest BCUT2D eigenvalue weighted by Crippen LogP contribution is 2.28. The first-order valence-electron chi connectivity index (χ1n) is 9.73. The molecule has 7 nitrogen and oxygen atoms in total. The summed E-state index contributed by atoms with van der Waals surface area (Å²) in [5.74, 6) is 0.0742. The maximum atomic E-state index is 13.2. The van der Waals surface area contributed by atoms with Gasteiger partial charge in [-0.25, -0.2) is 0 Å². The van der Waals surface area contributed by atoms with Crippen molar-refractivity contribution in [3.63, 3.8) is 0 Å². The number of aromatic nitrogens is 2. The lowest BCUT2D eigenvalue weighted by atomic mass is 9.87. The molecule has 1 aromatic rings. The summed E-state index contributed by atoms with van der Waals surface area (Å²) in [5.41, 5.74) is -0.712. The Morgan fingerprint density at radius 1 is 1.31 bits per heavy atom. The number of nitrogens with zero attached hydrogens (tertiary/aromatic N) is 3. The number of ether oxygens (including phenoxy) is 1. The van der Waals surface area contributed by atoms with E-state index in [1.54, 1.807) is 6.20 Å². The third-order valence-electron chi connectivity index (χ3n) is 5.75. The smallest absolute Gasteiger partial charge is 0.248 e. The van der Waals surface area contributed by atoms with Gasteiger partial charge in [0, 0.05) is 37.6 Å². The van der Waals surface area contributed by atoms with Crippen molar-refractivity contribution in [3.05, 3.63) is 18.5 Å². The van der Waals surface area contributed by atoms with E-state index in [0.717, 1.165) is 39.0 Å². The summed E-state index contributed by atoms with van der Waals surface area (Å²) in [6, 6.07) is 1.89. The number of hydrogen-bond acceptors (Lipinski definition) is 5. The zero-order valence-corrected chi connectivity index (χ0v) is 16.5. The zero-order chi connectivity index (χ0) is 18.8. The number of carbonyl (C=O) groups excluding carboxylic acids is 1. The molecule has 0 radical (unpaired) electrons. The second kappa shape index (κ2) is 7.66. The average Bonchev–Trinajstić information content (AvgIpc) is 3.14. The topological polar surface area (TPSA) is 71.4 Å². The minimum atomic E-state index is -0.587. The van der Waals surface area contributed by atoms with Gasteiger partial charge in [-0.15, -0.1) is 0 Å². The molecule has 3 rings (SSSR count). The van der Waals surface area contributed by atoms with Gasteiger partial charge in [0.2, 0.25) is 5.91 Å². The molecule has 1 amide bonds. The van der Waals surface area contributed by atoms with E-state index >= 15 is 0 Å². The molecule has 2 aliphatic rings. The zero-order valence-electron chi connectivity index (χ0n) is 16.5. The number of piperidine rings is 1. The predicted octanol–water partition coefficient (Wildman–Crippen LogP) is 0.966. The van der Waals surface area contributed by atoms with Crippen LogP contribution in [0.5, 0.6) is 0 Å². The van der Waals surface area contributed by atoms with Crippen molar-refractivity contribution in [2.24, 2.45) is 0 Å². The summed E-state index contributed by atoms with van der Waals surface area (Å²) in [6.45, 7) is 12.7. The quantitative estimate of drug-likeness (QED) is 0.816. The molecule has 0 aromatic carbocycles. The van der Waals surface area contributed by atoms with Crippen LogP contribution in [0.3, 0.4) is 0 Å². The molecule has 146 valence electrons. The molecule has 0 saturated carbocycles. The Balaban J connectivity index is 1.68. The lowest BCUT2D eigenvalue weighted by molar-refractivity contribution is -0.133. The van der Waals surface area contributed by atoms with E-state index in [1.807, 2.05) is 16.9 Å². The first-order chi connectivity index (χ1) is 12.3. The molecule has 7 heteroatoms. The van der Waals surface area contributed by atoms with Gasteiger partial charge in [0.15, 0.2) is 0 Å². The molecule has 2 unspecified atom stereocenters. The summed E-state index contributed by atoms with van der Waals surface area (Å²) in [4.78, 5) is 15.7. The van der Waals surface area contributed by atoms with E-state index in [2.05, 4.69) is 48.3 Å². The normalized spacial score (nSPS) is 27.2. The fraction of sp³-hybridized carbons (Fsp3) is 0.789. The Morgan fingerprint density at radius 3 is 2.54 bits per heavy atom. The van der Waals surface area contributed by atoms with Gasteiger partial charge in [-0.3, -0.25) is 14.4 Å². The lowest BCUT2D eigenvalue weighted by Gasteiger charge is -2.45. The van der Waals surface area contributed by atoms with Gasteiger partial charge in [0.1, 0.15) is 5.54 Å². The van der Waals surface area contributed by atoms with E-state index in [0.29, 0.717) is 6.54 Å². The van der Waals surface area contributed by atoms with Gasteiger partial charge in [-0.2, -0.15) is 5.10 Å². The second-order valence-electron chi connectivity index (χ2n) is 8.39. The number of rotatable bonds is 5. The van der Waals surface area contributed by atoms with Gasteiger partial charge in [-0.1, -0.05) is 0 Å². The lowest BCUT2D eigenvalue weighted by Crippen LogP contribution is -2.61. The maximum Gasteiger partial charge on any atom is 0.248 e. The van der Waals surface area contributed by atoms with Crippen LogP contribution in [0.4, 0.5) is 0 Å². The third kappa shape index (κ3) is 3.94. The highest BCUT2D eigenvalue weighted by atomic mass is 16.5. The fourth-order valence-electron chi connectivity index (χ4n) is 4.17. The van der Waals surface area contributed by atoms with Crippen LogP contribution in [-0.4, -0.2) is 71.1 Å². The Morgan fingerprint density at radius 2 is 1.96 bits per heavy atom. The Hall–Kier alpha value is -1.44. The fourth-order valence-corrected chi connectivity index (χ4v) is 4.17. The summed E-state index contributed by atoms with van der Waals surface area (Å²) in [5, 5.41) is 11.0. The predicted molar refractivity (Wildman–Crippen MR) is 101 cm³/mol. The second-order valence-corrected chi connectivity index (χ2v) is 8.39. The summed E-state index contributed by atoms with van der Waals surface area (Å²) < 4.78 is 7.69. The molecule has 2 fully saturated rings. The van der Waals surface area contributed by atoms with Crippen molar-refractivity contribution in [3.8, 4) is 0 Å². The molecule has 2 saturated heterocycles. The first kappa shape index (κ1) is 19.3. The first-order valence-corrected chi connectivity index (χ1v) is 9.73.